The second-order valence-corrected chi connectivity index (χ2v) is 6.58. The van der Waals surface area contributed by atoms with Gasteiger partial charge in [-0.3, -0.25) is 9.59 Å². The largest absolute Gasteiger partial charge is 0.455 e. The van der Waals surface area contributed by atoms with Crippen LogP contribution in [0.5, 0.6) is 0 Å². The molecule has 0 unspecified atom stereocenters. The molecule has 7 heteroatoms. The molecule has 7 nitrogen and oxygen atoms in total. The molecule has 1 saturated carbocycles. The third kappa shape index (κ3) is 2.60. The Morgan fingerprint density at radius 1 is 1.36 bits per heavy atom. The number of amides is 1. The number of carbonyl (C=O) groups is 2. The molecule has 0 bridgehead atoms. The maximum Gasteiger partial charge on any atom is 0.306 e. The second kappa shape index (κ2) is 5.07. The summed E-state index contributed by atoms with van der Waals surface area (Å²) < 4.78 is 10.5. The van der Waals surface area contributed by atoms with Gasteiger partial charge in [-0.1, -0.05) is 5.16 Å². The average Bonchev–Trinajstić information content (AvgIpc) is 3.07. The van der Waals surface area contributed by atoms with Crippen LogP contribution in [0.4, 0.5) is 0 Å². The highest BCUT2D eigenvalue weighted by molar-refractivity contribution is 5.79. The van der Waals surface area contributed by atoms with Gasteiger partial charge in [-0.25, -0.2) is 0 Å². The van der Waals surface area contributed by atoms with Crippen LogP contribution in [-0.4, -0.2) is 45.6 Å². The van der Waals surface area contributed by atoms with E-state index in [4.69, 9.17) is 9.26 Å². The lowest BCUT2D eigenvalue weighted by Gasteiger charge is -2.46. The van der Waals surface area contributed by atoms with Crippen LogP contribution in [0, 0.1) is 0 Å². The number of ether oxygens (including phenoxy) is 1. The minimum atomic E-state index is -0.377. The first-order valence-corrected chi connectivity index (χ1v) is 7.96. The summed E-state index contributed by atoms with van der Waals surface area (Å²) in [5, 5.41) is 3.96. The van der Waals surface area contributed by atoms with Crippen LogP contribution in [-0.2, 0) is 20.7 Å². The van der Waals surface area contributed by atoms with Gasteiger partial charge in [-0.05, 0) is 19.3 Å². The van der Waals surface area contributed by atoms with Gasteiger partial charge < -0.3 is 14.2 Å². The highest BCUT2D eigenvalue weighted by Crippen LogP contribution is 2.38. The number of aryl methyl sites for hydroxylation is 1. The minimum absolute atomic E-state index is 0.107. The molecule has 2 aliphatic heterocycles. The van der Waals surface area contributed by atoms with Gasteiger partial charge in [-0.15, -0.1) is 0 Å². The van der Waals surface area contributed by atoms with Gasteiger partial charge in [0.25, 0.3) is 0 Å². The fourth-order valence-corrected chi connectivity index (χ4v) is 3.15. The first-order valence-electron chi connectivity index (χ1n) is 7.96. The molecule has 118 valence electrons. The summed E-state index contributed by atoms with van der Waals surface area (Å²) in [7, 11) is 0. The Bertz CT molecular complexity index is 602. The predicted octanol–water partition coefficient (Wildman–Crippen LogP) is 1.19. The van der Waals surface area contributed by atoms with Crippen LogP contribution in [0.1, 0.15) is 56.2 Å². The molecule has 0 atom stereocenters. The van der Waals surface area contributed by atoms with Crippen molar-refractivity contribution in [3.05, 3.63) is 11.7 Å². The Kier molecular flexibility index (Phi) is 3.16. The third-order valence-corrected chi connectivity index (χ3v) is 4.63. The lowest BCUT2D eigenvalue weighted by molar-refractivity contribution is -0.172. The van der Waals surface area contributed by atoms with Crippen molar-refractivity contribution in [1.29, 1.82) is 0 Å². The van der Waals surface area contributed by atoms with E-state index >= 15 is 0 Å². The van der Waals surface area contributed by atoms with E-state index in [-0.39, 0.29) is 17.5 Å². The van der Waals surface area contributed by atoms with Crippen molar-refractivity contribution >= 4 is 11.9 Å². The monoisotopic (exact) mass is 305 g/mol. The van der Waals surface area contributed by atoms with Gasteiger partial charge in [0.1, 0.15) is 5.60 Å². The lowest BCUT2D eigenvalue weighted by Crippen LogP contribution is -2.63. The van der Waals surface area contributed by atoms with Crippen molar-refractivity contribution in [3.8, 4) is 0 Å². The van der Waals surface area contributed by atoms with Crippen LogP contribution in [0.3, 0.4) is 0 Å². The number of hydrogen-bond donors (Lipinski definition) is 0. The fourth-order valence-electron chi connectivity index (χ4n) is 3.15. The SMILES string of the molecule is O=C1CCC2(CN(C(=O)CCCc3nc(C4CC4)no3)C2)O1. The molecule has 0 aromatic carbocycles. The molecule has 1 amide bonds. The van der Waals surface area contributed by atoms with E-state index in [1.165, 1.54) is 0 Å². The molecular weight excluding hydrogens is 286 g/mol. The van der Waals surface area contributed by atoms with E-state index in [2.05, 4.69) is 10.1 Å². The Balaban J connectivity index is 1.19. The van der Waals surface area contributed by atoms with Crippen LogP contribution in [0.25, 0.3) is 0 Å². The van der Waals surface area contributed by atoms with E-state index in [9.17, 15) is 9.59 Å². The van der Waals surface area contributed by atoms with Gasteiger partial charge in [0.15, 0.2) is 5.82 Å². The number of nitrogens with zero attached hydrogens (tertiary/aromatic N) is 3. The van der Waals surface area contributed by atoms with E-state index in [0.29, 0.717) is 50.6 Å². The van der Waals surface area contributed by atoms with Crippen molar-refractivity contribution in [1.82, 2.24) is 15.0 Å². The van der Waals surface area contributed by atoms with E-state index < -0.39 is 0 Å². The van der Waals surface area contributed by atoms with Crippen LogP contribution >= 0.6 is 0 Å². The number of rotatable bonds is 5. The first kappa shape index (κ1) is 13.7. The standard InChI is InChI=1S/C15H19N3O4/c19-12(18-8-15(9-18)7-6-13(20)21-15)3-1-2-11-16-14(17-22-11)10-4-5-10/h10H,1-9H2. The van der Waals surface area contributed by atoms with Crippen LogP contribution in [0.15, 0.2) is 4.52 Å². The van der Waals surface area contributed by atoms with Crippen molar-refractivity contribution in [2.75, 3.05) is 13.1 Å². The summed E-state index contributed by atoms with van der Waals surface area (Å²) in [5.41, 5.74) is -0.377. The topological polar surface area (TPSA) is 85.5 Å². The Hall–Kier alpha value is -1.92. The average molecular weight is 305 g/mol. The van der Waals surface area contributed by atoms with E-state index in [0.717, 1.165) is 25.1 Å². The molecule has 3 fully saturated rings. The molecule has 1 aromatic heterocycles. The van der Waals surface area contributed by atoms with Crippen LogP contribution < -0.4 is 0 Å². The maximum absolute atomic E-state index is 12.1. The minimum Gasteiger partial charge on any atom is -0.455 e. The molecule has 3 heterocycles. The summed E-state index contributed by atoms with van der Waals surface area (Å²) >= 11 is 0. The zero-order valence-corrected chi connectivity index (χ0v) is 12.4. The number of likely N-dealkylation sites (tertiary alicyclic amines) is 1. The maximum atomic E-state index is 12.1. The molecule has 3 aliphatic rings. The van der Waals surface area contributed by atoms with Gasteiger partial charge >= 0.3 is 5.97 Å². The molecule has 0 radical (unpaired) electrons. The van der Waals surface area contributed by atoms with Gasteiger partial charge in [-0.2, -0.15) is 4.98 Å². The van der Waals surface area contributed by atoms with Gasteiger partial charge in [0.05, 0.1) is 13.1 Å². The van der Waals surface area contributed by atoms with Crippen molar-refractivity contribution in [2.45, 2.75) is 56.5 Å². The van der Waals surface area contributed by atoms with E-state index in [1.54, 1.807) is 4.90 Å². The van der Waals surface area contributed by atoms with Crippen molar-refractivity contribution < 1.29 is 18.8 Å². The Morgan fingerprint density at radius 3 is 2.86 bits per heavy atom. The van der Waals surface area contributed by atoms with Crippen molar-refractivity contribution in [3.63, 3.8) is 0 Å². The highest BCUT2D eigenvalue weighted by atomic mass is 16.6. The van der Waals surface area contributed by atoms with E-state index in [1.807, 2.05) is 0 Å². The summed E-state index contributed by atoms with van der Waals surface area (Å²) in [5.74, 6) is 1.89. The molecular formula is C15H19N3O4. The van der Waals surface area contributed by atoms with Crippen molar-refractivity contribution in [2.24, 2.45) is 0 Å². The number of esters is 1. The Labute approximate surface area is 128 Å². The molecule has 2 saturated heterocycles. The molecule has 1 aliphatic carbocycles. The number of hydrogen-bond acceptors (Lipinski definition) is 6. The highest BCUT2D eigenvalue weighted by Gasteiger charge is 2.51. The third-order valence-electron chi connectivity index (χ3n) is 4.63. The summed E-state index contributed by atoms with van der Waals surface area (Å²) in [4.78, 5) is 29.4. The lowest BCUT2D eigenvalue weighted by atomic mass is 9.90. The van der Waals surface area contributed by atoms with Gasteiger partial charge in [0.2, 0.25) is 11.8 Å². The quantitative estimate of drug-likeness (QED) is 0.760. The zero-order valence-electron chi connectivity index (χ0n) is 12.4. The number of aromatic nitrogens is 2. The summed E-state index contributed by atoms with van der Waals surface area (Å²) in [6.45, 7) is 1.09. The predicted molar refractivity (Wildman–Crippen MR) is 73.8 cm³/mol. The molecule has 4 rings (SSSR count). The second-order valence-electron chi connectivity index (χ2n) is 6.58. The van der Waals surface area contributed by atoms with Gasteiger partial charge in [0, 0.05) is 31.6 Å². The smallest absolute Gasteiger partial charge is 0.306 e. The molecule has 22 heavy (non-hydrogen) atoms. The molecule has 1 aromatic rings. The summed E-state index contributed by atoms with van der Waals surface area (Å²) in [6, 6.07) is 0. The Morgan fingerprint density at radius 2 is 2.18 bits per heavy atom. The zero-order chi connectivity index (χ0) is 15.2. The molecule has 0 N–H and O–H groups in total. The fraction of sp³-hybridized carbons (Fsp3) is 0.733. The number of carbonyl (C=O) groups excluding carboxylic acids is 2. The molecule has 1 spiro atoms. The first-order chi connectivity index (χ1) is 10.6. The van der Waals surface area contributed by atoms with Crippen LogP contribution in [0.2, 0.25) is 0 Å². The normalized spacial score (nSPS) is 22.7. The summed E-state index contributed by atoms with van der Waals surface area (Å²) in [6.07, 6.45) is 5.32.